The summed E-state index contributed by atoms with van der Waals surface area (Å²) in [6, 6.07) is 8.30. The molecule has 166 valence electrons. The van der Waals surface area contributed by atoms with Gasteiger partial charge in [-0.3, -0.25) is 4.79 Å². The minimum absolute atomic E-state index is 0.249. The molecule has 1 saturated heterocycles. The summed E-state index contributed by atoms with van der Waals surface area (Å²) in [5, 5.41) is 12.1. The molecule has 0 spiro atoms. The minimum atomic E-state index is -0.645. The summed E-state index contributed by atoms with van der Waals surface area (Å²) < 4.78 is 19.8. The largest absolute Gasteiger partial charge is 0.482 e. The number of amides is 1. The number of ether oxygens (including phenoxy) is 1. The molecule has 1 aromatic carbocycles. The Morgan fingerprint density at radius 2 is 2.03 bits per heavy atom. The van der Waals surface area contributed by atoms with Gasteiger partial charge >= 0.3 is 0 Å². The Bertz CT molecular complexity index is 1130. The number of aliphatic hydroxyl groups excluding tert-OH is 1. The molecule has 3 aliphatic heterocycles. The summed E-state index contributed by atoms with van der Waals surface area (Å²) in [6.45, 7) is 5.94. The maximum Gasteiger partial charge on any atom is 0.260 e. The quantitative estimate of drug-likeness (QED) is 0.714. The van der Waals surface area contributed by atoms with E-state index < -0.39 is 11.4 Å². The van der Waals surface area contributed by atoms with Crippen molar-refractivity contribution in [1.29, 1.82) is 0 Å². The van der Waals surface area contributed by atoms with Gasteiger partial charge in [-0.05, 0) is 69.0 Å². The van der Waals surface area contributed by atoms with E-state index in [-0.39, 0.29) is 12.5 Å². The number of nitrogens with one attached hydrogen (secondary N) is 1. The molecule has 2 aromatic rings. The third kappa shape index (κ3) is 3.56. The van der Waals surface area contributed by atoms with Crippen LogP contribution in [0.2, 0.25) is 0 Å². The van der Waals surface area contributed by atoms with Crippen LogP contribution in [0, 0.1) is 11.7 Å². The fourth-order valence-electron chi connectivity index (χ4n) is 4.69. The Labute approximate surface area is 186 Å². The van der Waals surface area contributed by atoms with Crippen LogP contribution in [0.4, 0.5) is 15.9 Å². The molecule has 1 aromatic heterocycles. The molecular weight excluding hydrogens is 409 g/mol. The van der Waals surface area contributed by atoms with Gasteiger partial charge in [0.1, 0.15) is 23.0 Å². The van der Waals surface area contributed by atoms with Crippen LogP contribution in [0.1, 0.15) is 37.8 Å². The lowest BCUT2D eigenvalue weighted by atomic mass is 9.93. The molecule has 5 rings (SSSR count). The molecular formula is C25H26FN3O3. The van der Waals surface area contributed by atoms with E-state index in [4.69, 9.17) is 4.74 Å². The molecule has 32 heavy (non-hydrogen) atoms. The molecule has 1 fully saturated rings. The standard InChI is InChI=1S/C25H26FN3O3/c1-25(2)19(16-3-6-22(27-13-16)29-9-7-15(14-30)8-10-29)12-21(32-25)23-18-5-4-17(26)11-20(18)28-24(23)31/h3-6,11-13,15,30H,7-10,14H2,1-2H3,(H,28,31). The predicted octanol–water partition coefficient (Wildman–Crippen LogP) is 3.99. The van der Waals surface area contributed by atoms with Crippen LogP contribution in [-0.4, -0.2) is 41.3 Å². The van der Waals surface area contributed by atoms with Crippen LogP contribution in [-0.2, 0) is 9.53 Å². The van der Waals surface area contributed by atoms with E-state index in [1.807, 2.05) is 38.3 Å². The first-order valence-corrected chi connectivity index (χ1v) is 10.9. The lowest BCUT2D eigenvalue weighted by Gasteiger charge is -2.32. The number of anilines is 2. The van der Waals surface area contributed by atoms with Crippen molar-refractivity contribution in [3.05, 3.63) is 65.3 Å². The number of allylic oxidation sites excluding steroid dienone is 1. The summed E-state index contributed by atoms with van der Waals surface area (Å²) >= 11 is 0. The highest BCUT2D eigenvalue weighted by molar-refractivity contribution is 6.32. The van der Waals surface area contributed by atoms with E-state index >= 15 is 0 Å². The summed E-state index contributed by atoms with van der Waals surface area (Å²) in [6.07, 6.45) is 5.67. The Morgan fingerprint density at radius 3 is 2.72 bits per heavy atom. The number of nitrogens with zero attached hydrogens (tertiary/aromatic N) is 2. The Morgan fingerprint density at radius 1 is 1.25 bits per heavy atom. The highest BCUT2D eigenvalue weighted by atomic mass is 19.1. The predicted molar refractivity (Wildman–Crippen MR) is 121 cm³/mol. The number of hydrogen-bond acceptors (Lipinski definition) is 5. The van der Waals surface area contributed by atoms with Crippen molar-refractivity contribution in [1.82, 2.24) is 4.98 Å². The van der Waals surface area contributed by atoms with Gasteiger partial charge in [-0.1, -0.05) is 0 Å². The van der Waals surface area contributed by atoms with Crippen molar-refractivity contribution < 1.29 is 19.0 Å². The molecule has 3 aliphatic rings. The van der Waals surface area contributed by atoms with Gasteiger partial charge in [0.15, 0.2) is 0 Å². The zero-order chi connectivity index (χ0) is 22.5. The number of halogens is 1. The number of hydrogen-bond donors (Lipinski definition) is 2. The molecule has 0 bridgehead atoms. The highest BCUT2D eigenvalue weighted by Gasteiger charge is 2.38. The van der Waals surface area contributed by atoms with Crippen LogP contribution in [0.3, 0.4) is 0 Å². The van der Waals surface area contributed by atoms with Gasteiger partial charge < -0.3 is 20.1 Å². The molecule has 4 heterocycles. The van der Waals surface area contributed by atoms with Crippen LogP contribution in [0.15, 0.2) is 48.4 Å². The summed E-state index contributed by atoms with van der Waals surface area (Å²) in [5.41, 5.74) is 2.72. The Kier molecular flexibility index (Phi) is 5.01. The van der Waals surface area contributed by atoms with Gasteiger partial charge in [-0.15, -0.1) is 0 Å². The number of piperidine rings is 1. The molecule has 0 atom stereocenters. The average molecular weight is 435 g/mol. The van der Waals surface area contributed by atoms with Gasteiger partial charge in [0.2, 0.25) is 0 Å². The van der Waals surface area contributed by atoms with Crippen molar-refractivity contribution in [2.24, 2.45) is 5.92 Å². The average Bonchev–Trinajstić information content (AvgIpc) is 3.28. The van der Waals surface area contributed by atoms with Crippen LogP contribution >= 0.6 is 0 Å². The summed E-state index contributed by atoms with van der Waals surface area (Å²) in [7, 11) is 0. The van der Waals surface area contributed by atoms with E-state index in [9.17, 15) is 14.3 Å². The Hall–Kier alpha value is -3.19. The van der Waals surface area contributed by atoms with Gasteiger partial charge in [0.05, 0.1) is 11.3 Å². The van der Waals surface area contributed by atoms with Gasteiger partial charge in [0.25, 0.3) is 5.91 Å². The molecule has 6 nitrogen and oxygen atoms in total. The SMILES string of the molecule is CC1(C)OC(=C2C(=O)Nc3cc(F)ccc32)C=C1c1ccc(N2CCC(CO)CC2)nc1. The van der Waals surface area contributed by atoms with Crippen molar-refractivity contribution in [3.8, 4) is 0 Å². The minimum Gasteiger partial charge on any atom is -0.482 e. The number of aliphatic hydroxyl groups is 1. The second-order valence-electron chi connectivity index (χ2n) is 9.07. The monoisotopic (exact) mass is 435 g/mol. The summed E-state index contributed by atoms with van der Waals surface area (Å²) in [5.74, 6) is 1.09. The van der Waals surface area contributed by atoms with E-state index in [1.165, 1.54) is 12.1 Å². The Balaban J connectivity index is 1.45. The van der Waals surface area contributed by atoms with Crippen molar-refractivity contribution in [2.45, 2.75) is 32.3 Å². The number of carbonyl (C=O) groups is 1. The van der Waals surface area contributed by atoms with E-state index in [0.29, 0.717) is 28.5 Å². The molecule has 7 heteroatoms. The fraction of sp³-hybridized carbons (Fsp3) is 0.360. The molecule has 2 N–H and O–H groups in total. The molecule has 1 amide bonds. The smallest absolute Gasteiger partial charge is 0.260 e. The fourth-order valence-corrected chi connectivity index (χ4v) is 4.69. The number of pyridine rings is 1. The lowest BCUT2D eigenvalue weighted by Crippen LogP contribution is -2.35. The zero-order valence-corrected chi connectivity index (χ0v) is 18.2. The molecule has 0 radical (unpaired) electrons. The first-order valence-electron chi connectivity index (χ1n) is 10.9. The number of benzene rings is 1. The van der Waals surface area contributed by atoms with Crippen LogP contribution in [0.5, 0.6) is 0 Å². The maximum absolute atomic E-state index is 13.6. The van der Waals surface area contributed by atoms with E-state index in [2.05, 4.69) is 15.2 Å². The van der Waals surface area contributed by atoms with Crippen molar-refractivity contribution in [2.75, 3.05) is 29.9 Å². The molecule has 0 unspecified atom stereocenters. The van der Waals surface area contributed by atoms with Gasteiger partial charge in [0, 0.05) is 42.6 Å². The van der Waals surface area contributed by atoms with Crippen molar-refractivity contribution >= 4 is 28.6 Å². The number of carbonyl (C=O) groups excluding carboxylic acids is 1. The number of rotatable bonds is 3. The number of fused-ring (bicyclic) bond motifs is 1. The topological polar surface area (TPSA) is 74.7 Å². The van der Waals surface area contributed by atoms with E-state index in [0.717, 1.165) is 42.9 Å². The summed E-state index contributed by atoms with van der Waals surface area (Å²) in [4.78, 5) is 19.5. The first-order chi connectivity index (χ1) is 15.4. The molecule has 0 saturated carbocycles. The number of aromatic nitrogens is 1. The zero-order valence-electron chi connectivity index (χ0n) is 18.2. The maximum atomic E-state index is 13.6. The van der Waals surface area contributed by atoms with Gasteiger partial charge in [-0.25, -0.2) is 9.37 Å². The highest BCUT2D eigenvalue weighted by Crippen LogP contribution is 2.44. The van der Waals surface area contributed by atoms with Crippen LogP contribution in [0.25, 0.3) is 11.1 Å². The third-order valence-corrected chi connectivity index (χ3v) is 6.52. The third-order valence-electron chi connectivity index (χ3n) is 6.52. The van der Waals surface area contributed by atoms with Gasteiger partial charge in [-0.2, -0.15) is 0 Å². The van der Waals surface area contributed by atoms with Crippen molar-refractivity contribution in [3.63, 3.8) is 0 Å². The van der Waals surface area contributed by atoms with E-state index in [1.54, 1.807) is 6.07 Å². The second kappa shape index (κ2) is 7.74. The molecule has 0 aliphatic carbocycles. The first kappa shape index (κ1) is 20.7. The second-order valence-corrected chi connectivity index (χ2v) is 9.07. The van der Waals surface area contributed by atoms with Crippen LogP contribution < -0.4 is 10.2 Å². The lowest BCUT2D eigenvalue weighted by molar-refractivity contribution is -0.111. The normalized spacial score (nSPS) is 22.4.